The molecule has 0 bridgehead atoms. The van der Waals surface area contributed by atoms with Crippen LogP contribution in [-0.2, 0) is 16.6 Å². The second-order valence-corrected chi connectivity index (χ2v) is 7.00. The normalized spacial score (nSPS) is 20.8. The summed E-state index contributed by atoms with van der Waals surface area (Å²) in [6, 6.07) is 3.19. The van der Waals surface area contributed by atoms with Gasteiger partial charge in [-0.05, 0) is 44.6 Å². The van der Waals surface area contributed by atoms with Crippen LogP contribution in [0, 0.1) is 0 Å². The molecule has 1 aliphatic rings. The van der Waals surface area contributed by atoms with Gasteiger partial charge in [0.05, 0.1) is 6.54 Å². The summed E-state index contributed by atoms with van der Waals surface area (Å²) in [6.07, 6.45) is 1.89. The highest BCUT2D eigenvalue weighted by Gasteiger charge is 2.26. The van der Waals surface area contributed by atoms with E-state index in [-0.39, 0.29) is 11.1 Å². The fraction of sp³-hybridized carbons (Fsp3) is 0.714. The monoisotopic (exact) mass is 315 g/mol. The van der Waals surface area contributed by atoms with Crippen LogP contribution in [0.1, 0.15) is 32.4 Å². The highest BCUT2D eigenvalue weighted by molar-refractivity contribution is 7.89. The van der Waals surface area contributed by atoms with E-state index in [9.17, 15) is 8.42 Å². The van der Waals surface area contributed by atoms with Gasteiger partial charge in [0.1, 0.15) is 5.76 Å². The third kappa shape index (κ3) is 4.54. The van der Waals surface area contributed by atoms with Gasteiger partial charge in [-0.15, -0.1) is 0 Å². The quantitative estimate of drug-likeness (QED) is 0.789. The first kappa shape index (κ1) is 16.5. The Balaban J connectivity index is 1.99. The zero-order valence-electron chi connectivity index (χ0n) is 12.8. The Bertz CT molecular complexity index is 541. The van der Waals surface area contributed by atoms with Crippen LogP contribution in [-0.4, -0.2) is 45.5 Å². The topological polar surface area (TPSA) is 74.6 Å². The van der Waals surface area contributed by atoms with E-state index in [1.54, 1.807) is 6.07 Å². The van der Waals surface area contributed by atoms with Crippen molar-refractivity contribution >= 4 is 10.0 Å². The zero-order valence-corrected chi connectivity index (χ0v) is 13.6. The van der Waals surface area contributed by atoms with E-state index in [0.717, 1.165) is 39.0 Å². The van der Waals surface area contributed by atoms with E-state index in [0.29, 0.717) is 12.3 Å². The first-order valence-electron chi connectivity index (χ1n) is 7.59. The fourth-order valence-corrected chi connectivity index (χ4v) is 3.77. The zero-order chi connectivity index (χ0) is 15.3. The van der Waals surface area contributed by atoms with Crippen molar-refractivity contribution in [2.45, 2.75) is 44.4 Å². The van der Waals surface area contributed by atoms with Gasteiger partial charge in [0, 0.05) is 12.6 Å². The highest BCUT2D eigenvalue weighted by atomic mass is 32.2. The molecule has 1 saturated heterocycles. The van der Waals surface area contributed by atoms with Crippen LogP contribution >= 0.6 is 0 Å². The van der Waals surface area contributed by atoms with Crippen molar-refractivity contribution in [2.24, 2.45) is 0 Å². The van der Waals surface area contributed by atoms with Gasteiger partial charge in [-0.25, -0.2) is 13.1 Å². The molecule has 0 spiro atoms. The van der Waals surface area contributed by atoms with Gasteiger partial charge in [-0.1, -0.05) is 13.8 Å². The number of hydrogen-bond acceptors (Lipinski definition) is 5. The molecular weight excluding hydrogens is 290 g/mol. The lowest BCUT2D eigenvalue weighted by atomic mass is 10.1. The van der Waals surface area contributed by atoms with Gasteiger partial charge in [0.15, 0.2) is 0 Å². The molecule has 21 heavy (non-hydrogen) atoms. The molecule has 0 radical (unpaired) electrons. The van der Waals surface area contributed by atoms with Crippen LogP contribution < -0.4 is 10.0 Å². The maximum Gasteiger partial charge on any atom is 0.274 e. The molecule has 1 unspecified atom stereocenters. The van der Waals surface area contributed by atoms with Gasteiger partial charge in [-0.3, -0.25) is 0 Å². The molecule has 2 rings (SSSR count). The SMILES string of the molecule is CCNCc1ccc(S(=O)(=O)NC2CCCN(CC)C2)o1. The third-order valence-electron chi connectivity index (χ3n) is 3.73. The lowest BCUT2D eigenvalue weighted by Crippen LogP contribution is -2.47. The predicted octanol–water partition coefficient (Wildman–Crippen LogP) is 1.15. The summed E-state index contributed by atoms with van der Waals surface area (Å²) in [7, 11) is -3.57. The standard InChI is InChI=1S/C14H25N3O3S/c1-3-15-10-13-7-8-14(20-13)21(18,19)16-12-6-5-9-17(4-2)11-12/h7-8,12,15-16H,3-6,9-11H2,1-2H3. The maximum atomic E-state index is 12.3. The molecule has 120 valence electrons. The number of rotatable bonds is 7. The molecule has 2 heterocycles. The number of hydrogen-bond donors (Lipinski definition) is 2. The van der Waals surface area contributed by atoms with Crippen molar-refractivity contribution in [3.8, 4) is 0 Å². The molecule has 2 N–H and O–H groups in total. The third-order valence-corrected chi connectivity index (χ3v) is 5.12. The van der Waals surface area contributed by atoms with Crippen molar-refractivity contribution in [3.63, 3.8) is 0 Å². The minimum atomic E-state index is -3.57. The predicted molar refractivity (Wildman–Crippen MR) is 81.5 cm³/mol. The Morgan fingerprint density at radius 3 is 2.90 bits per heavy atom. The molecule has 1 aromatic rings. The second-order valence-electron chi connectivity index (χ2n) is 5.35. The van der Waals surface area contributed by atoms with Gasteiger partial charge in [0.2, 0.25) is 5.09 Å². The summed E-state index contributed by atoms with van der Waals surface area (Å²) in [6.45, 7) is 8.20. The molecule has 1 aromatic heterocycles. The van der Waals surface area contributed by atoms with Crippen molar-refractivity contribution in [3.05, 3.63) is 17.9 Å². The molecule has 1 fully saturated rings. The summed E-state index contributed by atoms with van der Waals surface area (Å²) >= 11 is 0. The molecule has 1 atom stereocenters. The number of likely N-dealkylation sites (N-methyl/N-ethyl adjacent to an activating group) is 1. The molecule has 0 aliphatic carbocycles. The summed E-state index contributed by atoms with van der Waals surface area (Å²) in [5, 5.41) is 3.11. The fourth-order valence-electron chi connectivity index (χ4n) is 2.56. The Morgan fingerprint density at radius 2 is 2.19 bits per heavy atom. The van der Waals surface area contributed by atoms with E-state index in [4.69, 9.17) is 4.42 Å². The number of nitrogens with one attached hydrogen (secondary N) is 2. The van der Waals surface area contributed by atoms with E-state index in [1.165, 1.54) is 6.07 Å². The molecular formula is C14H25N3O3S. The number of likely N-dealkylation sites (tertiary alicyclic amines) is 1. The number of piperidine rings is 1. The lowest BCUT2D eigenvalue weighted by molar-refractivity contribution is 0.211. The summed E-state index contributed by atoms with van der Waals surface area (Å²) in [5.74, 6) is 0.635. The summed E-state index contributed by atoms with van der Waals surface area (Å²) in [5.41, 5.74) is 0. The Morgan fingerprint density at radius 1 is 1.38 bits per heavy atom. The smallest absolute Gasteiger partial charge is 0.274 e. The van der Waals surface area contributed by atoms with E-state index >= 15 is 0 Å². The molecule has 7 heteroatoms. The highest BCUT2D eigenvalue weighted by Crippen LogP contribution is 2.17. The van der Waals surface area contributed by atoms with Crippen LogP contribution in [0.15, 0.2) is 21.6 Å². The van der Waals surface area contributed by atoms with E-state index < -0.39 is 10.0 Å². The minimum absolute atomic E-state index is 0.00373. The van der Waals surface area contributed by atoms with Crippen LogP contribution in [0.5, 0.6) is 0 Å². The molecule has 1 aliphatic heterocycles. The van der Waals surface area contributed by atoms with Crippen LogP contribution in [0.25, 0.3) is 0 Å². The second kappa shape index (κ2) is 7.40. The molecule has 0 amide bonds. The van der Waals surface area contributed by atoms with Crippen molar-refractivity contribution in [1.82, 2.24) is 14.9 Å². The number of furan rings is 1. The Kier molecular flexibility index (Phi) is 5.80. The molecule has 0 aromatic carbocycles. The first-order valence-corrected chi connectivity index (χ1v) is 9.07. The maximum absolute atomic E-state index is 12.3. The van der Waals surface area contributed by atoms with Crippen LogP contribution in [0.4, 0.5) is 0 Å². The van der Waals surface area contributed by atoms with Crippen molar-refractivity contribution in [2.75, 3.05) is 26.2 Å². The Hall–Kier alpha value is -0.890. The van der Waals surface area contributed by atoms with E-state index in [2.05, 4.69) is 21.9 Å². The van der Waals surface area contributed by atoms with Gasteiger partial charge < -0.3 is 14.6 Å². The summed E-state index contributed by atoms with van der Waals surface area (Å²) in [4.78, 5) is 2.26. The lowest BCUT2D eigenvalue weighted by Gasteiger charge is -2.31. The van der Waals surface area contributed by atoms with Crippen molar-refractivity contribution in [1.29, 1.82) is 0 Å². The number of sulfonamides is 1. The number of nitrogens with zero attached hydrogens (tertiary/aromatic N) is 1. The largest absolute Gasteiger partial charge is 0.447 e. The van der Waals surface area contributed by atoms with Gasteiger partial charge in [0.25, 0.3) is 10.0 Å². The van der Waals surface area contributed by atoms with Crippen LogP contribution in [0.3, 0.4) is 0 Å². The van der Waals surface area contributed by atoms with E-state index in [1.807, 2.05) is 6.92 Å². The summed E-state index contributed by atoms with van der Waals surface area (Å²) < 4.78 is 32.9. The minimum Gasteiger partial charge on any atom is -0.447 e. The van der Waals surface area contributed by atoms with Crippen LogP contribution in [0.2, 0.25) is 0 Å². The Labute approximate surface area is 126 Å². The van der Waals surface area contributed by atoms with Crippen molar-refractivity contribution < 1.29 is 12.8 Å². The average Bonchev–Trinajstić information content (AvgIpc) is 2.94. The van der Waals surface area contributed by atoms with Gasteiger partial charge in [-0.2, -0.15) is 0 Å². The first-order chi connectivity index (χ1) is 10.0. The molecule has 6 nitrogen and oxygen atoms in total. The van der Waals surface area contributed by atoms with Gasteiger partial charge >= 0.3 is 0 Å². The average molecular weight is 315 g/mol. The molecule has 0 saturated carbocycles.